The molecule has 0 unspecified atom stereocenters. The lowest BCUT2D eigenvalue weighted by Gasteiger charge is -2.00. The molecular weight excluding hydrogens is 244 g/mol. The predicted molar refractivity (Wildman–Crippen MR) is 84.9 cm³/mol. The van der Waals surface area contributed by atoms with Crippen molar-refractivity contribution in [2.75, 3.05) is 0 Å². The second kappa shape index (κ2) is 18.4. The van der Waals surface area contributed by atoms with Crippen molar-refractivity contribution >= 4 is 17.9 Å². The second-order valence-corrected chi connectivity index (χ2v) is 2.73. The minimum atomic E-state index is -0.584. The van der Waals surface area contributed by atoms with Crippen LogP contribution in [0.25, 0.3) is 0 Å². The van der Waals surface area contributed by atoms with Gasteiger partial charge in [-0.3, -0.25) is 0 Å². The standard InChI is InChI=1S/C9H10O2S.3C2H6/c1-2-7-3-5-8(6-4-7)11-9(10)12;3*1-2/h3-6H,2H2,1H3,(H,10,12);3*1-2H3. The molecule has 18 heavy (non-hydrogen) atoms. The van der Waals surface area contributed by atoms with E-state index < -0.39 is 5.30 Å². The van der Waals surface area contributed by atoms with Crippen LogP contribution >= 0.6 is 12.6 Å². The molecule has 0 atom stereocenters. The Hall–Kier alpha value is -0.960. The first-order valence-electron chi connectivity index (χ1n) is 6.72. The van der Waals surface area contributed by atoms with E-state index in [1.54, 1.807) is 12.1 Å². The lowest BCUT2D eigenvalue weighted by molar-refractivity contribution is 0.227. The van der Waals surface area contributed by atoms with Gasteiger partial charge in [0.1, 0.15) is 5.75 Å². The van der Waals surface area contributed by atoms with Gasteiger partial charge in [-0.2, -0.15) is 0 Å². The first-order valence-corrected chi connectivity index (χ1v) is 7.17. The van der Waals surface area contributed by atoms with Crippen LogP contribution < -0.4 is 4.74 Å². The molecule has 1 aromatic rings. The third-order valence-electron chi connectivity index (χ3n) is 1.54. The zero-order valence-corrected chi connectivity index (χ0v) is 13.7. The normalized spacial score (nSPS) is 7.33. The lowest BCUT2D eigenvalue weighted by Crippen LogP contribution is -1.95. The zero-order valence-electron chi connectivity index (χ0n) is 12.8. The van der Waals surface area contributed by atoms with Gasteiger partial charge in [-0.1, -0.05) is 73.2 Å². The van der Waals surface area contributed by atoms with Gasteiger partial charge in [0.2, 0.25) is 0 Å². The second-order valence-electron chi connectivity index (χ2n) is 2.37. The van der Waals surface area contributed by atoms with Crippen LogP contribution in [-0.2, 0) is 6.42 Å². The summed E-state index contributed by atoms with van der Waals surface area (Å²) >= 11 is 3.50. The highest BCUT2D eigenvalue weighted by atomic mass is 32.1. The van der Waals surface area contributed by atoms with Gasteiger partial charge in [0.05, 0.1) is 0 Å². The molecule has 0 spiro atoms. The third kappa shape index (κ3) is 13.1. The van der Waals surface area contributed by atoms with Crippen molar-refractivity contribution in [3.05, 3.63) is 29.8 Å². The van der Waals surface area contributed by atoms with Gasteiger partial charge >= 0.3 is 5.30 Å². The molecule has 0 saturated carbocycles. The van der Waals surface area contributed by atoms with E-state index in [0.717, 1.165) is 6.42 Å². The highest BCUT2D eigenvalue weighted by Crippen LogP contribution is 2.13. The fraction of sp³-hybridized carbons (Fsp3) is 0.533. The van der Waals surface area contributed by atoms with Crippen LogP contribution in [0.4, 0.5) is 4.79 Å². The van der Waals surface area contributed by atoms with Gasteiger partial charge in [0.25, 0.3) is 0 Å². The molecule has 0 saturated heterocycles. The summed E-state index contributed by atoms with van der Waals surface area (Å²) < 4.78 is 4.74. The largest absolute Gasteiger partial charge is 0.419 e. The van der Waals surface area contributed by atoms with Crippen molar-refractivity contribution in [2.45, 2.75) is 54.9 Å². The molecule has 0 radical (unpaired) electrons. The summed E-state index contributed by atoms with van der Waals surface area (Å²) in [7, 11) is 0. The first-order chi connectivity index (χ1) is 8.72. The topological polar surface area (TPSA) is 26.3 Å². The molecule has 2 nitrogen and oxygen atoms in total. The SMILES string of the molecule is CC.CC.CC.CCc1ccc(OC(=O)S)cc1. The van der Waals surface area contributed by atoms with Crippen LogP contribution in [0.5, 0.6) is 5.75 Å². The zero-order chi connectivity index (χ0) is 15.0. The number of carbonyl (C=O) groups excluding carboxylic acids is 1. The molecule has 0 aliphatic rings. The van der Waals surface area contributed by atoms with Crippen LogP contribution in [0.3, 0.4) is 0 Å². The molecule has 0 heterocycles. The Morgan fingerprint density at radius 2 is 1.39 bits per heavy atom. The highest BCUT2D eigenvalue weighted by molar-refractivity contribution is 7.96. The van der Waals surface area contributed by atoms with Crippen LogP contribution in [0.2, 0.25) is 0 Å². The van der Waals surface area contributed by atoms with Crippen molar-refractivity contribution < 1.29 is 9.53 Å². The summed E-state index contributed by atoms with van der Waals surface area (Å²) in [6.45, 7) is 14.1. The molecule has 106 valence electrons. The van der Waals surface area contributed by atoms with Crippen molar-refractivity contribution in [2.24, 2.45) is 0 Å². The quantitative estimate of drug-likeness (QED) is 0.547. The number of hydrogen-bond acceptors (Lipinski definition) is 2. The smallest absolute Gasteiger partial charge is 0.369 e. The average Bonchev–Trinajstić information content (AvgIpc) is 2.46. The molecular formula is C15H28O2S. The lowest BCUT2D eigenvalue weighted by atomic mass is 10.2. The summed E-state index contributed by atoms with van der Waals surface area (Å²) in [5, 5.41) is -0.584. The Kier molecular flexibility index (Phi) is 22.7. The molecule has 0 amide bonds. The van der Waals surface area contributed by atoms with E-state index in [-0.39, 0.29) is 0 Å². The summed E-state index contributed by atoms with van der Waals surface area (Å²) in [5.41, 5.74) is 1.22. The van der Waals surface area contributed by atoms with Crippen LogP contribution in [0, 0.1) is 0 Å². The van der Waals surface area contributed by atoms with Crippen LogP contribution in [-0.4, -0.2) is 5.30 Å². The number of carbonyl (C=O) groups is 1. The van der Waals surface area contributed by atoms with Crippen molar-refractivity contribution in [3.63, 3.8) is 0 Å². The van der Waals surface area contributed by atoms with Crippen molar-refractivity contribution in [3.8, 4) is 5.75 Å². The number of aryl methyl sites for hydroxylation is 1. The summed E-state index contributed by atoms with van der Waals surface area (Å²) in [6, 6.07) is 7.36. The van der Waals surface area contributed by atoms with E-state index >= 15 is 0 Å². The fourth-order valence-electron chi connectivity index (χ4n) is 0.894. The fourth-order valence-corrected chi connectivity index (χ4v) is 0.999. The van der Waals surface area contributed by atoms with E-state index in [2.05, 4.69) is 19.6 Å². The van der Waals surface area contributed by atoms with E-state index in [4.69, 9.17) is 4.74 Å². The number of benzene rings is 1. The van der Waals surface area contributed by atoms with Crippen LogP contribution in [0.1, 0.15) is 54.0 Å². The number of rotatable bonds is 2. The number of hydrogen-bond donors (Lipinski definition) is 1. The summed E-state index contributed by atoms with van der Waals surface area (Å²) in [6.07, 6.45) is 0.981. The maximum atomic E-state index is 10.4. The Balaban J connectivity index is -0.000000328. The van der Waals surface area contributed by atoms with E-state index in [9.17, 15) is 4.79 Å². The van der Waals surface area contributed by atoms with Gasteiger partial charge < -0.3 is 4.74 Å². The molecule has 0 fully saturated rings. The predicted octanol–water partition coefficient (Wildman–Crippen LogP) is 5.76. The maximum absolute atomic E-state index is 10.4. The van der Waals surface area contributed by atoms with Crippen LogP contribution in [0.15, 0.2) is 24.3 Å². The van der Waals surface area contributed by atoms with E-state index in [1.165, 1.54) is 5.56 Å². The monoisotopic (exact) mass is 272 g/mol. The van der Waals surface area contributed by atoms with Crippen molar-refractivity contribution in [1.29, 1.82) is 0 Å². The van der Waals surface area contributed by atoms with Gasteiger partial charge in [0.15, 0.2) is 0 Å². The Bertz CT molecular complexity index is 268. The first kappa shape index (κ1) is 22.2. The van der Waals surface area contributed by atoms with Gasteiger partial charge in [-0.25, -0.2) is 4.79 Å². The summed E-state index contributed by atoms with van der Waals surface area (Å²) in [5.74, 6) is 0.534. The molecule has 0 N–H and O–H groups in total. The highest BCUT2D eigenvalue weighted by Gasteiger charge is 1.97. The molecule has 0 bridgehead atoms. The molecule has 3 heteroatoms. The minimum absolute atomic E-state index is 0.534. The number of thiol groups is 1. The summed E-state index contributed by atoms with van der Waals surface area (Å²) in [4.78, 5) is 10.4. The third-order valence-corrected chi connectivity index (χ3v) is 1.63. The average molecular weight is 272 g/mol. The maximum Gasteiger partial charge on any atom is 0.369 e. The minimum Gasteiger partial charge on any atom is -0.419 e. The van der Waals surface area contributed by atoms with Gasteiger partial charge in [0, 0.05) is 0 Å². The molecule has 1 aromatic carbocycles. The van der Waals surface area contributed by atoms with E-state index in [1.807, 2.05) is 53.7 Å². The van der Waals surface area contributed by atoms with Gasteiger partial charge in [-0.05, 0) is 24.1 Å². The molecule has 0 aliphatic heterocycles. The van der Waals surface area contributed by atoms with Gasteiger partial charge in [-0.15, -0.1) is 0 Å². The Morgan fingerprint density at radius 1 is 1.00 bits per heavy atom. The van der Waals surface area contributed by atoms with Crippen molar-refractivity contribution in [1.82, 2.24) is 0 Å². The Morgan fingerprint density at radius 3 is 1.67 bits per heavy atom. The molecule has 0 aromatic heterocycles. The van der Waals surface area contributed by atoms with E-state index in [0.29, 0.717) is 5.75 Å². The number of ether oxygens (including phenoxy) is 1. The Labute approximate surface area is 118 Å². The molecule has 1 rings (SSSR count). The molecule has 0 aliphatic carbocycles.